The molecule has 0 aliphatic rings. The third-order valence-corrected chi connectivity index (χ3v) is 4.29. The van der Waals surface area contributed by atoms with Crippen molar-refractivity contribution in [3.05, 3.63) is 30.2 Å². The van der Waals surface area contributed by atoms with Gasteiger partial charge in [0.25, 0.3) is 5.89 Å². The van der Waals surface area contributed by atoms with Crippen molar-refractivity contribution in [2.45, 2.75) is 53.1 Å². The minimum Gasteiger partial charge on any atom is -0.357 e. The van der Waals surface area contributed by atoms with Crippen LogP contribution in [0.1, 0.15) is 40.4 Å². The van der Waals surface area contributed by atoms with E-state index in [2.05, 4.69) is 70.3 Å². The van der Waals surface area contributed by atoms with E-state index in [1.54, 1.807) is 6.20 Å². The molecule has 2 heterocycles. The van der Waals surface area contributed by atoms with Crippen LogP contribution in [0.5, 0.6) is 0 Å². The van der Waals surface area contributed by atoms with Crippen LogP contribution >= 0.6 is 24.0 Å². The Hall–Kier alpha value is -1.75. The molecule has 0 amide bonds. The molecule has 0 aromatic carbocycles. The predicted octanol–water partition coefficient (Wildman–Crippen LogP) is 2.97. The monoisotopic (exact) mass is 515 g/mol. The van der Waals surface area contributed by atoms with E-state index in [9.17, 15) is 0 Å². The van der Waals surface area contributed by atoms with Crippen LogP contribution < -0.4 is 10.6 Å². The number of rotatable bonds is 10. The quantitative estimate of drug-likeness (QED) is 0.286. The summed E-state index contributed by atoms with van der Waals surface area (Å²) in [6.45, 7) is 14.1. The molecule has 0 unspecified atom stereocenters. The van der Waals surface area contributed by atoms with Crippen LogP contribution in [0.25, 0.3) is 11.6 Å². The maximum Gasteiger partial charge on any atom is 0.276 e. The lowest BCUT2D eigenvalue weighted by Gasteiger charge is -2.29. The van der Waals surface area contributed by atoms with Gasteiger partial charge in [-0.2, -0.15) is 4.98 Å². The molecule has 2 aromatic rings. The number of hydrogen-bond donors (Lipinski definition) is 2. The Balaban J connectivity index is 0.00000420. The van der Waals surface area contributed by atoms with Gasteiger partial charge in [-0.05, 0) is 46.8 Å². The van der Waals surface area contributed by atoms with Crippen molar-refractivity contribution in [3.8, 4) is 11.6 Å². The first kappa shape index (κ1) is 25.3. The van der Waals surface area contributed by atoms with Crippen molar-refractivity contribution in [2.75, 3.05) is 26.2 Å². The van der Waals surface area contributed by atoms with Gasteiger partial charge in [-0.1, -0.05) is 11.2 Å². The highest BCUT2D eigenvalue weighted by molar-refractivity contribution is 14.0. The van der Waals surface area contributed by atoms with E-state index in [0.717, 1.165) is 25.6 Å². The lowest BCUT2D eigenvalue weighted by Crippen LogP contribution is -2.41. The van der Waals surface area contributed by atoms with Gasteiger partial charge >= 0.3 is 0 Å². The Morgan fingerprint density at radius 3 is 2.55 bits per heavy atom. The fourth-order valence-corrected chi connectivity index (χ4v) is 2.97. The minimum absolute atomic E-state index is 0. The predicted molar refractivity (Wildman–Crippen MR) is 128 cm³/mol. The molecule has 0 saturated heterocycles. The summed E-state index contributed by atoms with van der Waals surface area (Å²) in [4.78, 5) is 15.7. The fraction of sp³-hybridized carbons (Fsp3) is 0.600. The summed E-state index contributed by atoms with van der Waals surface area (Å²) in [5, 5.41) is 10.6. The van der Waals surface area contributed by atoms with Gasteiger partial charge in [0, 0.05) is 44.3 Å². The topological polar surface area (TPSA) is 91.5 Å². The van der Waals surface area contributed by atoms with E-state index in [1.807, 2.05) is 18.2 Å². The summed E-state index contributed by atoms with van der Waals surface area (Å²) in [5.74, 6) is 1.90. The smallest absolute Gasteiger partial charge is 0.276 e. The van der Waals surface area contributed by atoms with Gasteiger partial charge in [0.05, 0.1) is 6.54 Å². The first-order valence-electron chi connectivity index (χ1n) is 10.0. The van der Waals surface area contributed by atoms with Crippen LogP contribution in [0.15, 0.2) is 33.9 Å². The first-order chi connectivity index (χ1) is 13.5. The second-order valence-electron chi connectivity index (χ2n) is 7.09. The maximum atomic E-state index is 5.29. The van der Waals surface area contributed by atoms with E-state index in [0.29, 0.717) is 42.5 Å². The average Bonchev–Trinajstić information content (AvgIpc) is 3.14. The van der Waals surface area contributed by atoms with Crippen molar-refractivity contribution in [2.24, 2.45) is 4.99 Å². The largest absolute Gasteiger partial charge is 0.357 e. The van der Waals surface area contributed by atoms with Crippen molar-refractivity contribution in [1.82, 2.24) is 30.7 Å². The lowest BCUT2D eigenvalue weighted by molar-refractivity contribution is 0.181. The van der Waals surface area contributed by atoms with Crippen LogP contribution in [0, 0.1) is 0 Å². The highest BCUT2D eigenvalue weighted by atomic mass is 127. The molecule has 0 saturated carbocycles. The molecule has 0 spiro atoms. The molecule has 2 rings (SSSR count). The van der Waals surface area contributed by atoms with Crippen molar-refractivity contribution in [3.63, 3.8) is 0 Å². The average molecular weight is 515 g/mol. The number of nitrogens with one attached hydrogen (secondary N) is 2. The summed E-state index contributed by atoms with van der Waals surface area (Å²) < 4.78 is 5.29. The van der Waals surface area contributed by atoms with Gasteiger partial charge in [-0.25, -0.2) is 0 Å². The van der Waals surface area contributed by atoms with E-state index in [1.165, 1.54) is 0 Å². The minimum atomic E-state index is 0. The number of aromatic nitrogens is 3. The fourth-order valence-electron chi connectivity index (χ4n) is 2.97. The van der Waals surface area contributed by atoms with Crippen LogP contribution in [0.3, 0.4) is 0 Å². The van der Waals surface area contributed by atoms with Gasteiger partial charge in [0.1, 0.15) is 5.69 Å². The number of guanidine groups is 1. The molecule has 0 bridgehead atoms. The Morgan fingerprint density at radius 1 is 1.17 bits per heavy atom. The Morgan fingerprint density at radius 2 is 1.93 bits per heavy atom. The van der Waals surface area contributed by atoms with Crippen LogP contribution in [-0.2, 0) is 6.42 Å². The number of pyridine rings is 1. The normalized spacial score (nSPS) is 11.8. The zero-order chi connectivity index (χ0) is 20.4. The summed E-state index contributed by atoms with van der Waals surface area (Å²) in [6.07, 6.45) is 2.35. The zero-order valence-corrected chi connectivity index (χ0v) is 20.4. The summed E-state index contributed by atoms with van der Waals surface area (Å²) in [5.41, 5.74) is 0.684. The van der Waals surface area contributed by atoms with Crippen LogP contribution in [-0.4, -0.2) is 64.2 Å². The highest BCUT2D eigenvalue weighted by Gasteiger charge is 2.12. The third-order valence-electron chi connectivity index (χ3n) is 4.29. The van der Waals surface area contributed by atoms with Crippen molar-refractivity contribution >= 4 is 29.9 Å². The molecule has 2 aromatic heterocycles. The van der Waals surface area contributed by atoms with E-state index in [-0.39, 0.29) is 24.0 Å². The van der Waals surface area contributed by atoms with Crippen molar-refractivity contribution in [1.29, 1.82) is 0 Å². The van der Waals surface area contributed by atoms with Crippen molar-refractivity contribution < 1.29 is 4.52 Å². The van der Waals surface area contributed by atoms with Gasteiger partial charge in [-0.15, -0.1) is 24.0 Å². The van der Waals surface area contributed by atoms with Gasteiger partial charge in [0.15, 0.2) is 11.8 Å². The molecule has 0 fully saturated rings. The zero-order valence-electron chi connectivity index (χ0n) is 18.1. The molecule has 0 aliphatic carbocycles. The van der Waals surface area contributed by atoms with Gasteiger partial charge in [-0.3, -0.25) is 14.9 Å². The Bertz CT molecular complexity index is 711. The molecular weight excluding hydrogens is 481 g/mol. The molecule has 2 N–H and O–H groups in total. The van der Waals surface area contributed by atoms with Gasteiger partial charge in [0.2, 0.25) is 0 Å². The molecule has 0 atom stereocenters. The van der Waals surface area contributed by atoms with Gasteiger partial charge < -0.3 is 15.2 Å². The molecule has 29 heavy (non-hydrogen) atoms. The maximum absolute atomic E-state index is 5.29. The molecule has 162 valence electrons. The Kier molecular flexibility index (Phi) is 11.7. The standard InChI is InChI=1S/C20H33N7O.HI/c1-6-21-20(24-13-14-27(15(2)3)16(4)5)23-12-10-18-25-19(28-26-18)17-9-7-8-11-22-17;/h7-9,11,15-16H,6,10,12-14H2,1-5H3,(H2,21,23,24);1H. The third kappa shape index (κ3) is 8.65. The van der Waals surface area contributed by atoms with E-state index in [4.69, 9.17) is 4.52 Å². The first-order valence-corrected chi connectivity index (χ1v) is 10.0. The summed E-state index contributed by atoms with van der Waals surface area (Å²) >= 11 is 0. The number of halogens is 1. The summed E-state index contributed by atoms with van der Waals surface area (Å²) in [7, 11) is 0. The second kappa shape index (κ2) is 13.5. The second-order valence-corrected chi connectivity index (χ2v) is 7.09. The molecule has 9 heteroatoms. The molecular formula is C20H34IN7O. The van der Waals surface area contributed by atoms with Crippen LogP contribution in [0.4, 0.5) is 0 Å². The number of hydrogen-bond acceptors (Lipinski definition) is 6. The van der Waals surface area contributed by atoms with Crippen LogP contribution in [0.2, 0.25) is 0 Å². The molecule has 0 radical (unpaired) electrons. The van der Waals surface area contributed by atoms with E-state index < -0.39 is 0 Å². The SMILES string of the molecule is CCNC(=NCCN(C(C)C)C(C)C)NCCc1noc(-c2ccccn2)n1.I. The number of nitrogens with zero attached hydrogens (tertiary/aromatic N) is 5. The molecule has 8 nitrogen and oxygen atoms in total. The number of aliphatic imine (C=N–C) groups is 1. The molecule has 0 aliphatic heterocycles. The summed E-state index contributed by atoms with van der Waals surface area (Å²) in [6, 6.07) is 6.62. The van der Waals surface area contributed by atoms with E-state index >= 15 is 0 Å². The lowest BCUT2D eigenvalue weighted by atomic mass is 10.2. The Labute approximate surface area is 191 Å². The highest BCUT2D eigenvalue weighted by Crippen LogP contribution is 2.13.